The lowest BCUT2D eigenvalue weighted by atomic mass is 10.0. The van der Waals surface area contributed by atoms with Gasteiger partial charge in [-0.2, -0.15) is 4.31 Å². The molecule has 1 saturated heterocycles. The first-order valence-electron chi connectivity index (χ1n) is 10.7. The zero-order chi connectivity index (χ0) is 24.0. The van der Waals surface area contributed by atoms with Crippen molar-refractivity contribution < 1.29 is 27.1 Å². The summed E-state index contributed by atoms with van der Waals surface area (Å²) in [6, 6.07) is 9.93. The summed E-state index contributed by atoms with van der Waals surface area (Å²) in [6.07, 6.45) is 2.59. The average Bonchev–Trinajstić information content (AvgIpc) is 2.79. The highest BCUT2D eigenvalue weighted by atomic mass is 32.2. The highest BCUT2D eigenvalue weighted by Gasteiger charge is 2.34. The van der Waals surface area contributed by atoms with Crippen molar-refractivity contribution >= 4 is 27.5 Å². The molecule has 178 valence electrons. The molecule has 1 aliphatic rings. The standard InChI is InChI=1S/C23H28FN3O5S/c1-16-14-17(24)9-10-21(16)33(30,31)27-13-4-3-7-19(27)11-12-25-22(28)23(29)26-18-6-5-8-20(15-18)32-2/h5-6,8-10,14-15,19H,3-4,7,11-13H2,1-2H3,(H,25,28)(H,26,29)/t19-/m1/s1. The number of nitrogens with zero attached hydrogens (tertiary/aromatic N) is 1. The van der Waals surface area contributed by atoms with Crippen molar-refractivity contribution in [1.29, 1.82) is 0 Å². The Kier molecular flexibility index (Phi) is 8.04. The number of amides is 2. The summed E-state index contributed by atoms with van der Waals surface area (Å²) in [5, 5.41) is 5.06. The summed E-state index contributed by atoms with van der Waals surface area (Å²) in [6.45, 7) is 2.06. The van der Waals surface area contributed by atoms with Gasteiger partial charge in [-0.3, -0.25) is 9.59 Å². The summed E-state index contributed by atoms with van der Waals surface area (Å²) in [5.74, 6) is -1.57. The molecule has 0 aromatic heterocycles. The SMILES string of the molecule is COc1cccc(NC(=O)C(=O)NCC[C@H]2CCCCN2S(=O)(=O)c2ccc(F)cc2C)c1. The van der Waals surface area contributed by atoms with E-state index >= 15 is 0 Å². The predicted molar refractivity (Wildman–Crippen MR) is 122 cm³/mol. The molecular weight excluding hydrogens is 449 g/mol. The van der Waals surface area contributed by atoms with Crippen LogP contribution in [0.4, 0.5) is 10.1 Å². The third kappa shape index (κ3) is 6.08. The second-order valence-electron chi connectivity index (χ2n) is 7.91. The van der Waals surface area contributed by atoms with Gasteiger partial charge in [-0.15, -0.1) is 0 Å². The molecule has 1 heterocycles. The fourth-order valence-electron chi connectivity index (χ4n) is 3.93. The molecule has 0 spiro atoms. The number of rotatable bonds is 7. The van der Waals surface area contributed by atoms with Crippen molar-refractivity contribution in [3.05, 3.63) is 53.8 Å². The second kappa shape index (κ2) is 10.8. The number of benzene rings is 2. The Labute approximate surface area is 193 Å². The van der Waals surface area contributed by atoms with Crippen molar-refractivity contribution in [3.8, 4) is 5.75 Å². The highest BCUT2D eigenvalue weighted by Crippen LogP contribution is 2.28. The predicted octanol–water partition coefficient (Wildman–Crippen LogP) is 2.83. The maximum Gasteiger partial charge on any atom is 0.313 e. The lowest BCUT2D eigenvalue weighted by Crippen LogP contribution is -2.46. The monoisotopic (exact) mass is 477 g/mol. The summed E-state index contributed by atoms with van der Waals surface area (Å²) in [4.78, 5) is 24.4. The van der Waals surface area contributed by atoms with E-state index in [0.717, 1.165) is 18.9 Å². The number of halogens is 1. The molecule has 2 amide bonds. The van der Waals surface area contributed by atoms with E-state index in [4.69, 9.17) is 4.74 Å². The van der Waals surface area contributed by atoms with Crippen LogP contribution in [0.2, 0.25) is 0 Å². The Morgan fingerprint density at radius 1 is 1.15 bits per heavy atom. The van der Waals surface area contributed by atoms with E-state index in [9.17, 15) is 22.4 Å². The number of carbonyl (C=O) groups is 2. The summed E-state index contributed by atoms with van der Waals surface area (Å²) in [5.41, 5.74) is 0.774. The minimum atomic E-state index is -3.81. The average molecular weight is 478 g/mol. The lowest BCUT2D eigenvalue weighted by molar-refractivity contribution is -0.136. The van der Waals surface area contributed by atoms with Crippen LogP contribution in [0.3, 0.4) is 0 Å². The van der Waals surface area contributed by atoms with Crippen LogP contribution in [0, 0.1) is 12.7 Å². The number of aryl methyl sites for hydroxylation is 1. The first-order valence-corrected chi connectivity index (χ1v) is 12.2. The molecule has 0 bridgehead atoms. The molecule has 2 aromatic rings. The molecule has 3 rings (SSSR count). The van der Waals surface area contributed by atoms with Gasteiger partial charge in [0.15, 0.2) is 0 Å². The third-order valence-electron chi connectivity index (χ3n) is 5.59. The van der Waals surface area contributed by atoms with Gasteiger partial charge in [0.2, 0.25) is 10.0 Å². The lowest BCUT2D eigenvalue weighted by Gasteiger charge is -2.35. The van der Waals surface area contributed by atoms with Crippen LogP contribution < -0.4 is 15.4 Å². The topological polar surface area (TPSA) is 105 Å². The van der Waals surface area contributed by atoms with Crippen molar-refractivity contribution in [2.24, 2.45) is 0 Å². The van der Waals surface area contributed by atoms with Crippen LogP contribution in [-0.2, 0) is 19.6 Å². The van der Waals surface area contributed by atoms with Crippen molar-refractivity contribution in [3.63, 3.8) is 0 Å². The van der Waals surface area contributed by atoms with Crippen LogP contribution in [0.1, 0.15) is 31.2 Å². The van der Waals surface area contributed by atoms with Crippen LogP contribution in [0.5, 0.6) is 5.75 Å². The summed E-state index contributed by atoms with van der Waals surface area (Å²) >= 11 is 0. The smallest absolute Gasteiger partial charge is 0.313 e. The van der Waals surface area contributed by atoms with Gasteiger partial charge in [0.05, 0.1) is 12.0 Å². The third-order valence-corrected chi connectivity index (χ3v) is 7.71. The molecule has 1 fully saturated rings. The first-order chi connectivity index (χ1) is 15.7. The quantitative estimate of drug-likeness (QED) is 0.597. The molecule has 10 heteroatoms. The fourth-order valence-corrected chi connectivity index (χ4v) is 5.86. The van der Waals surface area contributed by atoms with Gasteiger partial charge < -0.3 is 15.4 Å². The van der Waals surface area contributed by atoms with E-state index in [-0.39, 0.29) is 17.5 Å². The summed E-state index contributed by atoms with van der Waals surface area (Å²) in [7, 11) is -2.31. The van der Waals surface area contributed by atoms with E-state index < -0.39 is 27.7 Å². The number of piperidine rings is 1. The van der Waals surface area contributed by atoms with Crippen molar-refractivity contribution in [2.75, 3.05) is 25.5 Å². The van der Waals surface area contributed by atoms with E-state index in [2.05, 4.69) is 10.6 Å². The molecule has 33 heavy (non-hydrogen) atoms. The zero-order valence-corrected chi connectivity index (χ0v) is 19.5. The number of carbonyl (C=O) groups excluding carboxylic acids is 2. The van der Waals surface area contributed by atoms with Gasteiger partial charge in [-0.1, -0.05) is 12.5 Å². The van der Waals surface area contributed by atoms with Crippen molar-refractivity contribution in [2.45, 2.75) is 43.5 Å². The van der Waals surface area contributed by atoms with Crippen LogP contribution in [0.25, 0.3) is 0 Å². The number of nitrogens with one attached hydrogen (secondary N) is 2. The highest BCUT2D eigenvalue weighted by molar-refractivity contribution is 7.89. The van der Waals surface area contributed by atoms with Gasteiger partial charge >= 0.3 is 11.8 Å². The number of anilines is 1. The Bertz CT molecular complexity index is 1120. The van der Waals surface area contributed by atoms with Crippen LogP contribution >= 0.6 is 0 Å². The molecular formula is C23H28FN3O5S. The van der Waals surface area contributed by atoms with Gasteiger partial charge in [0.25, 0.3) is 0 Å². The molecule has 0 radical (unpaired) electrons. The Morgan fingerprint density at radius 3 is 2.67 bits per heavy atom. The molecule has 0 saturated carbocycles. The number of hydrogen-bond donors (Lipinski definition) is 2. The molecule has 2 aromatic carbocycles. The van der Waals surface area contributed by atoms with E-state index in [1.54, 1.807) is 31.2 Å². The minimum Gasteiger partial charge on any atom is -0.497 e. The van der Waals surface area contributed by atoms with Gasteiger partial charge in [0, 0.05) is 30.9 Å². The normalized spacial score (nSPS) is 16.8. The van der Waals surface area contributed by atoms with E-state index in [1.807, 2.05) is 0 Å². The maximum atomic E-state index is 13.5. The fraction of sp³-hybridized carbons (Fsp3) is 0.391. The van der Waals surface area contributed by atoms with Crippen molar-refractivity contribution in [1.82, 2.24) is 9.62 Å². The molecule has 1 atom stereocenters. The van der Waals surface area contributed by atoms with Crippen LogP contribution in [-0.4, -0.2) is 50.8 Å². The maximum absolute atomic E-state index is 13.5. The van der Waals surface area contributed by atoms with Gasteiger partial charge in [0.1, 0.15) is 11.6 Å². The summed E-state index contributed by atoms with van der Waals surface area (Å²) < 4.78 is 46.4. The van der Waals surface area contributed by atoms with Gasteiger partial charge in [-0.25, -0.2) is 12.8 Å². The second-order valence-corrected chi connectivity index (χ2v) is 9.76. The Morgan fingerprint density at radius 2 is 1.94 bits per heavy atom. The first kappa shape index (κ1) is 24.7. The molecule has 0 unspecified atom stereocenters. The van der Waals surface area contributed by atoms with Gasteiger partial charge in [-0.05, 0) is 62.1 Å². The number of ether oxygens (including phenoxy) is 1. The molecule has 0 aliphatic carbocycles. The minimum absolute atomic E-state index is 0.0810. The number of sulfonamides is 1. The Hall–Kier alpha value is -2.98. The molecule has 8 nitrogen and oxygen atoms in total. The van der Waals surface area contributed by atoms with E-state index in [1.165, 1.54) is 23.5 Å². The van der Waals surface area contributed by atoms with E-state index in [0.29, 0.717) is 36.4 Å². The zero-order valence-electron chi connectivity index (χ0n) is 18.6. The number of hydrogen-bond acceptors (Lipinski definition) is 5. The van der Waals surface area contributed by atoms with Crippen LogP contribution in [0.15, 0.2) is 47.4 Å². The Balaban J connectivity index is 1.60. The largest absolute Gasteiger partial charge is 0.497 e. The molecule has 2 N–H and O–H groups in total. The number of methoxy groups -OCH3 is 1. The molecule has 1 aliphatic heterocycles.